The van der Waals surface area contributed by atoms with Crippen LogP contribution in [-0.4, -0.2) is 24.8 Å². The highest BCUT2D eigenvalue weighted by atomic mass is 35.5. The van der Waals surface area contributed by atoms with E-state index >= 15 is 0 Å². The minimum Gasteiger partial charge on any atom is -0.378 e. The van der Waals surface area contributed by atoms with Gasteiger partial charge in [0.05, 0.1) is 0 Å². The Bertz CT molecular complexity index is 1010. The number of nitrogens with zero attached hydrogens (tertiary/aromatic N) is 1. The molecule has 0 atom stereocenters. The van der Waals surface area contributed by atoms with E-state index in [1.807, 2.05) is 63.5 Å². The second-order valence-corrected chi connectivity index (χ2v) is 7.08. The number of hydrogen-bond donors (Lipinski definition) is 0. The number of aryl methyl sites for hydroxylation is 1. The van der Waals surface area contributed by atoms with Gasteiger partial charge in [0.1, 0.15) is 0 Å². The first kappa shape index (κ1) is 15.9. The van der Waals surface area contributed by atoms with Crippen LogP contribution in [0.4, 0.5) is 0 Å². The maximum atomic E-state index is 13.3. The van der Waals surface area contributed by atoms with Crippen LogP contribution in [0.5, 0.6) is 0 Å². The summed E-state index contributed by atoms with van der Waals surface area (Å²) in [5.74, 6) is 0.0322. The molecule has 0 unspecified atom stereocenters. The van der Waals surface area contributed by atoms with Crippen LogP contribution < -0.4 is 0 Å². The smallest absolute Gasteiger partial charge is 0.194 e. The van der Waals surface area contributed by atoms with Crippen LogP contribution in [0, 0.1) is 6.92 Å². The molecule has 25 heavy (non-hydrogen) atoms. The van der Waals surface area contributed by atoms with Crippen molar-refractivity contribution < 1.29 is 4.79 Å². The Hall–Kier alpha value is -2.58. The molecule has 0 aromatic heterocycles. The molecule has 0 radical (unpaired) electrons. The lowest BCUT2D eigenvalue weighted by Gasteiger charge is -2.22. The number of halogens is 1. The number of ketones is 1. The summed E-state index contributed by atoms with van der Waals surface area (Å²) >= 11 is 6.51. The molecule has 0 saturated heterocycles. The van der Waals surface area contributed by atoms with E-state index in [1.165, 1.54) is 0 Å². The Balaban J connectivity index is 2.03. The van der Waals surface area contributed by atoms with Crippen molar-refractivity contribution >= 4 is 28.5 Å². The van der Waals surface area contributed by atoms with Crippen molar-refractivity contribution in [3.63, 3.8) is 0 Å². The summed E-state index contributed by atoms with van der Waals surface area (Å²) in [5, 5.41) is 0.612. The van der Waals surface area contributed by atoms with Crippen molar-refractivity contribution in [2.75, 3.05) is 14.1 Å². The highest BCUT2D eigenvalue weighted by Gasteiger charge is 2.32. The quantitative estimate of drug-likeness (QED) is 0.749. The van der Waals surface area contributed by atoms with Crippen molar-refractivity contribution in [2.45, 2.75) is 6.92 Å². The van der Waals surface area contributed by atoms with Crippen LogP contribution in [0.15, 0.2) is 65.9 Å². The largest absolute Gasteiger partial charge is 0.378 e. The number of fused-ring (bicyclic) bond motifs is 3. The van der Waals surface area contributed by atoms with Crippen LogP contribution in [0.2, 0.25) is 5.02 Å². The third-order valence-electron chi connectivity index (χ3n) is 4.74. The number of hydrogen-bond acceptors (Lipinski definition) is 2. The van der Waals surface area contributed by atoms with E-state index < -0.39 is 0 Å². The zero-order chi connectivity index (χ0) is 17.7. The minimum atomic E-state index is 0.0322. The molecule has 0 heterocycles. The lowest BCUT2D eigenvalue weighted by atomic mass is 9.80. The maximum Gasteiger partial charge on any atom is 0.194 e. The van der Waals surface area contributed by atoms with Crippen LogP contribution in [-0.2, 0) is 0 Å². The molecule has 4 rings (SSSR count). The topological polar surface area (TPSA) is 20.3 Å². The Labute approximate surface area is 152 Å². The zero-order valence-electron chi connectivity index (χ0n) is 14.4. The fourth-order valence-corrected chi connectivity index (χ4v) is 3.77. The summed E-state index contributed by atoms with van der Waals surface area (Å²) in [6.07, 6.45) is 4.22. The Morgan fingerprint density at radius 2 is 1.64 bits per heavy atom. The van der Waals surface area contributed by atoms with Gasteiger partial charge < -0.3 is 4.90 Å². The third-order valence-corrected chi connectivity index (χ3v) is 5.06. The highest BCUT2D eigenvalue weighted by molar-refractivity contribution is 6.40. The number of rotatable bonds is 2. The molecule has 3 heteroatoms. The van der Waals surface area contributed by atoms with E-state index in [-0.39, 0.29) is 5.78 Å². The lowest BCUT2D eigenvalue weighted by Crippen LogP contribution is -2.14. The number of benzene rings is 2. The van der Waals surface area contributed by atoms with Crippen LogP contribution in [0.1, 0.15) is 27.0 Å². The molecule has 0 bridgehead atoms. The second-order valence-electron chi connectivity index (χ2n) is 6.67. The number of Topliss-reactive ketones (excluding diaryl/α,β-unsaturated/α-hetero) is 1. The van der Waals surface area contributed by atoms with Gasteiger partial charge in [0, 0.05) is 41.5 Å². The Kier molecular flexibility index (Phi) is 3.66. The van der Waals surface area contributed by atoms with Crippen LogP contribution in [0.3, 0.4) is 0 Å². The van der Waals surface area contributed by atoms with Crippen LogP contribution >= 0.6 is 11.6 Å². The van der Waals surface area contributed by atoms with E-state index in [0.29, 0.717) is 10.6 Å². The first-order chi connectivity index (χ1) is 12.0. The number of likely N-dealkylation sites (N-methyl/N-ethyl adjacent to an activating group) is 1. The molecule has 2 nitrogen and oxygen atoms in total. The third kappa shape index (κ3) is 2.45. The fraction of sp³-hybridized carbons (Fsp3) is 0.136. The van der Waals surface area contributed by atoms with E-state index in [4.69, 9.17) is 11.6 Å². The van der Waals surface area contributed by atoms with Gasteiger partial charge in [-0.3, -0.25) is 4.79 Å². The summed E-state index contributed by atoms with van der Waals surface area (Å²) in [4.78, 5) is 15.3. The van der Waals surface area contributed by atoms with Gasteiger partial charge in [0.2, 0.25) is 0 Å². The maximum absolute atomic E-state index is 13.3. The Morgan fingerprint density at radius 3 is 2.32 bits per heavy atom. The summed E-state index contributed by atoms with van der Waals surface area (Å²) in [5.41, 5.74) is 7.41. The van der Waals surface area contributed by atoms with E-state index in [2.05, 4.69) is 17.1 Å². The van der Waals surface area contributed by atoms with Crippen molar-refractivity contribution in [3.05, 3.63) is 93.2 Å². The molecular weight excluding hydrogens is 330 g/mol. The van der Waals surface area contributed by atoms with Gasteiger partial charge in [-0.2, -0.15) is 0 Å². The summed E-state index contributed by atoms with van der Waals surface area (Å²) in [7, 11) is 4.01. The fourth-order valence-electron chi connectivity index (χ4n) is 3.44. The highest BCUT2D eigenvalue weighted by Crippen LogP contribution is 2.45. The SMILES string of the molecule is Cc1ccc(C2=C3C=C(N(C)C)C=C3c3ccccc3C2=O)c(Cl)c1. The van der Waals surface area contributed by atoms with Crippen molar-refractivity contribution in [3.8, 4) is 0 Å². The van der Waals surface area contributed by atoms with Gasteiger partial charge >= 0.3 is 0 Å². The number of allylic oxidation sites excluding steroid dienone is 5. The predicted molar refractivity (Wildman–Crippen MR) is 104 cm³/mol. The summed E-state index contributed by atoms with van der Waals surface area (Å²) in [6, 6.07) is 13.6. The van der Waals surface area contributed by atoms with Crippen molar-refractivity contribution in [1.29, 1.82) is 0 Å². The molecule has 0 N–H and O–H groups in total. The summed E-state index contributed by atoms with van der Waals surface area (Å²) in [6.45, 7) is 2.00. The molecule has 0 fully saturated rings. The van der Waals surface area contributed by atoms with E-state index in [1.54, 1.807) is 0 Å². The number of carbonyl (C=O) groups is 1. The monoisotopic (exact) mass is 347 g/mol. The minimum absolute atomic E-state index is 0.0322. The van der Waals surface area contributed by atoms with Gasteiger partial charge in [0.25, 0.3) is 0 Å². The Morgan fingerprint density at radius 1 is 0.920 bits per heavy atom. The molecule has 2 aliphatic rings. The van der Waals surface area contributed by atoms with Gasteiger partial charge in [-0.25, -0.2) is 0 Å². The van der Waals surface area contributed by atoms with Gasteiger partial charge in [-0.05, 0) is 47.4 Å². The number of carbonyl (C=O) groups excluding carboxylic acids is 1. The second kappa shape index (κ2) is 5.75. The molecule has 124 valence electrons. The standard InChI is InChI=1S/C22H18ClNO/c1-13-8-9-17(20(23)10-13)21-19-12-14(24(2)3)11-18(19)15-6-4-5-7-16(15)22(21)25/h4-12H,1-3H3. The molecular formula is C22H18ClNO. The summed E-state index contributed by atoms with van der Waals surface area (Å²) < 4.78 is 0. The van der Waals surface area contributed by atoms with E-state index in [9.17, 15) is 4.79 Å². The first-order valence-corrected chi connectivity index (χ1v) is 8.61. The predicted octanol–water partition coefficient (Wildman–Crippen LogP) is 5.14. The van der Waals surface area contributed by atoms with Crippen molar-refractivity contribution in [2.24, 2.45) is 0 Å². The zero-order valence-corrected chi connectivity index (χ0v) is 15.2. The molecule has 2 aromatic rings. The van der Waals surface area contributed by atoms with Gasteiger partial charge in [-0.15, -0.1) is 0 Å². The average Bonchev–Trinajstić information content (AvgIpc) is 3.02. The molecule has 0 saturated carbocycles. The van der Waals surface area contributed by atoms with Gasteiger partial charge in [-0.1, -0.05) is 48.0 Å². The molecule has 0 amide bonds. The molecule has 0 spiro atoms. The normalized spacial score (nSPS) is 15.6. The van der Waals surface area contributed by atoms with Crippen LogP contribution in [0.25, 0.3) is 11.1 Å². The first-order valence-electron chi connectivity index (χ1n) is 8.23. The molecule has 2 aliphatic carbocycles. The molecule has 2 aromatic carbocycles. The van der Waals surface area contributed by atoms with Crippen molar-refractivity contribution in [1.82, 2.24) is 4.90 Å². The molecule has 0 aliphatic heterocycles. The lowest BCUT2D eigenvalue weighted by molar-refractivity contribution is 0.105. The average molecular weight is 348 g/mol. The van der Waals surface area contributed by atoms with Gasteiger partial charge in [0.15, 0.2) is 5.78 Å². The van der Waals surface area contributed by atoms with E-state index in [0.717, 1.165) is 39.1 Å².